The molecule has 1 aliphatic heterocycles. The van der Waals surface area contributed by atoms with Crippen molar-refractivity contribution in [2.24, 2.45) is 23.7 Å². The predicted molar refractivity (Wildman–Crippen MR) is 59.4 cm³/mol. The number of hydrogen-bond acceptors (Lipinski definition) is 2. The molecule has 1 heterocycles. The van der Waals surface area contributed by atoms with Crippen LogP contribution >= 0.6 is 0 Å². The van der Waals surface area contributed by atoms with Gasteiger partial charge in [-0.05, 0) is 31.1 Å². The lowest BCUT2D eigenvalue weighted by atomic mass is 9.81. The van der Waals surface area contributed by atoms with Crippen LogP contribution in [-0.2, 0) is 9.53 Å². The van der Waals surface area contributed by atoms with E-state index in [0.29, 0.717) is 17.8 Å². The molecule has 0 aromatic rings. The average Bonchev–Trinajstić information content (AvgIpc) is 2.92. The Morgan fingerprint density at radius 2 is 1.87 bits per heavy atom. The van der Waals surface area contributed by atoms with Gasteiger partial charge in [0, 0.05) is 5.92 Å². The van der Waals surface area contributed by atoms with Crippen molar-refractivity contribution in [1.82, 2.24) is 0 Å². The smallest absolute Gasteiger partial charge is 0.309 e. The monoisotopic (exact) mass is 210 g/mol. The molecule has 2 bridgehead atoms. The van der Waals surface area contributed by atoms with Crippen molar-refractivity contribution >= 4 is 5.97 Å². The quantitative estimate of drug-likeness (QED) is 0.622. The highest BCUT2D eigenvalue weighted by Gasteiger charge is 2.54. The van der Waals surface area contributed by atoms with Crippen molar-refractivity contribution in [3.8, 4) is 0 Å². The third kappa shape index (κ3) is 1.91. The van der Waals surface area contributed by atoms with E-state index in [1.165, 1.54) is 32.1 Å². The molecule has 15 heavy (non-hydrogen) atoms. The Labute approximate surface area is 92.4 Å². The summed E-state index contributed by atoms with van der Waals surface area (Å²) in [5, 5.41) is 0. The fourth-order valence-corrected chi connectivity index (χ4v) is 3.29. The van der Waals surface area contributed by atoms with Crippen LogP contribution in [0.25, 0.3) is 0 Å². The van der Waals surface area contributed by atoms with E-state index in [0.717, 1.165) is 12.5 Å². The lowest BCUT2D eigenvalue weighted by molar-refractivity contribution is -0.142. The minimum Gasteiger partial charge on any atom is -0.465 e. The van der Waals surface area contributed by atoms with Gasteiger partial charge in [0.15, 0.2) is 0 Å². The third-order valence-electron chi connectivity index (χ3n) is 4.28. The highest BCUT2D eigenvalue weighted by molar-refractivity contribution is 5.75. The molecule has 0 N–H and O–H groups in total. The Morgan fingerprint density at radius 3 is 2.47 bits per heavy atom. The molecule has 0 amide bonds. The number of cyclic esters (lactones) is 1. The minimum atomic E-state index is 0.0993. The van der Waals surface area contributed by atoms with Crippen molar-refractivity contribution in [2.75, 3.05) is 6.61 Å². The number of unbranched alkanes of at least 4 members (excludes halogenated alkanes) is 1. The molecule has 1 saturated heterocycles. The van der Waals surface area contributed by atoms with Crippen LogP contribution in [-0.4, -0.2) is 12.6 Å². The fourth-order valence-electron chi connectivity index (χ4n) is 3.29. The lowest BCUT2D eigenvalue weighted by Gasteiger charge is -2.19. The molecule has 2 nitrogen and oxygen atoms in total. The number of ether oxygens (including phenoxy) is 1. The van der Waals surface area contributed by atoms with Gasteiger partial charge in [0.1, 0.15) is 0 Å². The lowest BCUT2D eigenvalue weighted by Crippen LogP contribution is -2.22. The second kappa shape index (κ2) is 4.54. The van der Waals surface area contributed by atoms with Crippen LogP contribution in [0.15, 0.2) is 0 Å². The predicted octanol–water partition coefficient (Wildman–Crippen LogP) is 3.01. The molecule has 2 heteroatoms. The van der Waals surface area contributed by atoms with Gasteiger partial charge in [-0.2, -0.15) is 0 Å². The van der Waals surface area contributed by atoms with E-state index in [9.17, 15) is 4.79 Å². The number of hydrogen-bond donors (Lipinski definition) is 0. The van der Waals surface area contributed by atoms with Gasteiger partial charge in [-0.25, -0.2) is 0 Å². The highest BCUT2D eigenvalue weighted by Crippen LogP contribution is 2.54. The van der Waals surface area contributed by atoms with E-state index < -0.39 is 0 Å². The largest absolute Gasteiger partial charge is 0.465 e. The van der Waals surface area contributed by atoms with E-state index in [4.69, 9.17) is 4.74 Å². The van der Waals surface area contributed by atoms with E-state index in [2.05, 4.69) is 13.8 Å². The van der Waals surface area contributed by atoms with Crippen molar-refractivity contribution in [1.29, 1.82) is 0 Å². The Bertz CT molecular complexity index is 235. The zero-order chi connectivity index (χ0) is 10.8. The zero-order valence-corrected chi connectivity index (χ0v) is 9.87. The first-order chi connectivity index (χ1) is 7.27. The summed E-state index contributed by atoms with van der Waals surface area (Å²) >= 11 is 0. The van der Waals surface area contributed by atoms with Gasteiger partial charge in [-0.3, -0.25) is 4.79 Å². The van der Waals surface area contributed by atoms with Crippen molar-refractivity contribution < 1.29 is 9.53 Å². The maximum Gasteiger partial charge on any atom is 0.309 e. The van der Waals surface area contributed by atoms with Crippen LogP contribution in [0.1, 0.15) is 46.0 Å². The number of fused-ring (bicyclic) bond motifs is 5. The molecule has 3 rings (SSSR count). The number of rotatable bonds is 1. The van der Waals surface area contributed by atoms with Gasteiger partial charge < -0.3 is 4.74 Å². The van der Waals surface area contributed by atoms with E-state index in [1.54, 1.807) is 0 Å². The van der Waals surface area contributed by atoms with Crippen molar-refractivity contribution in [3.05, 3.63) is 0 Å². The molecule has 86 valence electrons. The maximum atomic E-state index is 11.2. The van der Waals surface area contributed by atoms with Crippen LogP contribution in [0.3, 0.4) is 0 Å². The van der Waals surface area contributed by atoms with Gasteiger partial charge in [0.2, 0.25) is 0 Å². The Morgan fingerprint density at radius 1 is 1.20 bits per heavy atom. The molecule has 2 aliphatic carbocycles. The molecule has 3 aliphatic rings. The molecule has 2 saturated carbocycles. The first-order valence-electron chi connectivity index (χ1n) is 6.44. The molecule has 0 aromatic carbocycles. The molecular weight excluding hydrogens is 188 g/mol. The van der Waals surface area contributed by atoms with Gasteiger partial charge in [-0.15, -0.1) is 0 Å². The van der Waals surface area contributed by atoms with Crippen LogP contribution in [0.5, 0.6) is 0 Å². The fraction of sp³-hybridized carbons (Fsp3) is 0.923. The van der Waals surface area contributed by atoms with Gasteiger partial charge >= 0.3 is 5.97 Å². The summed E-state index contributed by atoms with van der Waals surface area (Å²) in [5.41, 5.74) is 0. The van der Waals surface area contributed by atoms with Gasteiger partial charge in [-0.1, -0.05) is 26.7 Å². The van der Waals surface area contributed by atoms with E-state index >= 15 is 0 Å². The highest BCUT2D eigenvalue weighted by atomic mass is 16.5. The molecular formula is C13H22O2. The van der Waals surface area contributed by atoms with Crippen LogP contribution in [0, 0.1) is 23.7 Å². The normalized spacial score (nSPS) is 40.8. The SMILES string of the molecule is CCCC.O=C1OCC2C3CCC(C3)C12. The minimum absolute atomic E-state index is 0.0993. The summed E-state index contributed by atoms with van der Waals surface area (Å²) in [6, 6.07) is 0. The maximum absolute atomic E-state index is 11.2. The first kappa shape index (κ1) is 11.0. The summed E-state index contributed by atoms with van der Waals surface area (Å²) in [4.78, 5) is 11.2. The average molecular weight is 210 g/mol. The van der Waals surface area contributed by atoms with Crippen LogP contribution in [0.2, 0.25) is 0 Å². The van der Waals surface area contributed by atoms with Crippen LogP contribution < -0.4 is 0 Å². The summed E-state index contributed by atoms with van der Waals surface area (Å²) < 4.78 is 5.06. The Kier molecular flexibility index (Phi) is 3.32. The second-order valence-electron chi connectivity index (χ2n) is 5.15. The Balaban J connectivity index is 0.000000188. The second-order valence-corrected chi connectivity index (χ2v) is 5.15. The molecule has 4 unspecified atom stereocenters. The molecule has 0 radical (unpaired) electrons. The van der Waals surface area contributed by atoms with Crippen molar-refractivity contribution in [3.63, 3.8) is 0 Å². The summed E-state index contributed by atoms with van der Waals surface area (Å²) in [6.45, 7) is 5.09. The topological polar surface area (TPSA) is 26.3 Å². The molecule has 0 aromatic heterocycles. The molecule has 4 atom stereocenters. The standard InChI is InChI=1S/C9H12O2.C4H10/c10-9-8-6-2-1-5(3-6)7(8)4-11-9;1-3-4-2/h5-8H,1-4H2;3-4H2,1-2H3. The third-order valence-corrected chi connectivity index (χ3v) is 4.28. The summed E-state index contributed by atoms with van der Waals surface area (Å²) in [5.74, 6) is 2.55. The van der Waals surface area contributed by atoms with E-state index in [-0.39, 0.29) is 5.97 Å². The van der Waals surface area contributed by atoms with Gasteiger partial charge in [0.25, 0.3) is 0 Å². The van der Waals surface area contributed by atoms with Crippen molar-refractivity contribution in [2.45, 2.75) is 46.0 Å². The van der Waals surface area contributed by atoms with E-state index in [1.807, 2.05) is 0 Å². The Hall–Kier alpha value is -0.530. The number of carbonyl (C=O) groups is 1. The number of esters is 1. The number of carbonyl (C=O) groups excluding carboxylic acids is 1. The molecule has 0 spiro atoms. The first-order valence-corrected chi connectivity index (χ1v) is 6.44. The molecule has 3 fully saturated rings. The summed E-state index contributed by atoms with van der Waals surface area (Å²) in [6.07, 6.45) is 6.58. The van der Waals surface area contributed by atoms with Crippen LogP contribution in [0.4, 0.5) is 0 Å². The summed E-state index contributed by atoms with van der Waals surface area (Å²) in [7, 11) is 0. The zero-order valence-electron chi connectivity index (χ0n) is 9.87. The van der Waals surface area contributed by atoms with Gasteiger partial charge in [0.05, 0.1) is 12.5 Å².